The molecule has 3 heterocycles. The van der Waals surface area contributed by atoms with Gasteiger partial charge >= 0.3 is 0 Å². The Morgan fingerprint density at radius 3 is 3.07 bits per heavy atom. The molecule has 1 aromatic carbocycles. The number of carbonyl (C=O) groups excluding carboxylic acids is 1. The first-order valence-corrected chi connectivity index (χ1v) is 9.67. The van der Waals surface area contributed by atoms with Gasteiger partial charge < -0.3 is 14.8 Å². The molecule has 1 aliphatic rings. The molecule has 1 saturated heterocycles. The van der Waals surface area contributed by atoms with Crippen molar-refractivity contribution in [3.05, 3.63) is 29.5 Å². The monoisotopic (exact) mass is 396 g/mol. The Balaban J connectivity index is 1.73. The van der Waals surface area contributed by atoms with Crippen LogP contribution in [0.5, 0.6) is 0 Å². The average molecular weight is 397 g/mol. The summed E-state index contributed by atoms with van der Waals surface area (Å²) in [5.41, 5.74) is 1.68. The van der Waals surface area contributed by atoms with Crippen LogP contribution in [-0.2, 0) is 4.79 Å². The minimum absolute atomic E-state index is 0.0776. The van der Waals surface area contributed by atoms with Crippen molar-refractivity contribution < 1.29 is 4.79 Å². The summed E-state index contributed by atoms with van der Waals surface area (Å²) in [4.78, 5) is 28.4. The molecule has 2 atom stereocenters. The summed E-state index contributed by atoms with van der Waals surface area (Å²) in [5, 5.41) is 11.5. The number of amides is 1. The molecule has 0 unspecified atom stereocenters. The maximum Gasteiger partial charge on any atom is 0.236 e. The Hall–Kier alpha value is -2.85. The molecule has 8 heteroatoms. The average Bonchev–Trinajstić information content (AvgIpc) is 3.05. The zero-order valence-corrected chi connectivity index (χ0v) is 16.6. The van der Waals surface area contributed by atoms with Crippen molar-refractivity contribution in [3.8, 4) is 6.07 Å². The fourth-order valence-corrected chi connectivity index (χ4v) is 4.24. The van der Waals surface area contributed by atoms with Crippen molar-refractivity contribution in [2.45, 2.75) is 25.8 Å². The number of nitriles is 1. The Labute approximate surface area is 167 Å². The topological polar surface area (TPSA) is 88.9 Å². The highest BCUT2D eigenvalue weighted by Crippen LogP contribution is 2.34. The van der Waals surface area contributed by atoms with E-state index in [1.54, 1.807) is 11.2 Å². The van der Waals surface area contributed by atoms with Crippen LogP contribution in [0.4, 0.5) is 5.82 Å². The van der Waals surface area contributed by atoms with Crippen molar-refractivity contribution in [3.63, 3.8) is 0 Å². The molecule has 144 valence electrons. The predicted octanol–water partition coefficient (Wildman–Crippen LogP) is 3.35. The normalized spacial score (nSPS) is 19.7. The minimum Gasteiger partial charge on any atom is -0.354 e. The molecule has 3 aromatic rings. The fourth-order valence-electron chi connectivity index (χ4n) is 4.07. The van der Waals surface area contributed by atoms with E-state index in [9.17, 15) is 4.79 Å². The van der Waals surface area contributed by atoms with Gasteiger partial charge in [0.1, 0.15) is 24.2 Å². The summed E-state index contributed by atoms with van der Waals surface area (Å²) < 4.78 is 0. The van der Waals surface area contributed by atoms with Crippen LogP contribution in [0.1, 0.15) is 19.8 Å². The number of hydrogen-bond acceptors (Lipinski definition) is 5. The molecular formula is C20H21ClN6O. The first kappa shape index (κ1) is 18.5. The van der Waals surface area contributed by atoms with Crippen molar-refractivity contribution in [2.24, 2.45) is 5.92 Å². The highest BCUT2D eigenvalue weighted by atomic mass is 35.5. The lowest BCUT2D eigenvalue weighted by atomic mass is 9.92. The smallest absolute Gasteiger partial charge is 0.236 e. The highest BCUT2D eigenvalue weighted by Gasteiger charge is 2.33. The summed E-state index contributed by atoms with van der Waals surface area (Å²) >= 11 is 6.13. The molecule has 1 aliphatic heterocycles. The first-order chi connectivity index (χ1) is 13.5. The molecule has 0 spiro atoms. The Bertz CT molecular complexity index is 1090. The van der Waals surface area contributed by atoms with Gasteiger partial charge in [-0.3, -0.25) is 4.79 Å². The number of halogens is 1. The predicted molar refractivity (Wildman–Crippen MR) is 109 cm³/mol. The highest BCUT2D eigenvalue weighted by molar-refractivity contribution is 6.31. The van der Waals surface area contributed by atoms with Crippen LogP contribution in [0.2, 0.25) is 5.02 Å². The number of carbonyl (C=O) groups is 1. The third kappa shape index (κ3) is 3.14. The third-order valence-electron chi connectivity index (χ3n) is 5.66. The maximum absolute atomic E-state index is 12.2. The number of nitrogens with one attached hydrogen (secondary N) is 1. The number of hydrogen-bond donors (Lipinski definition) is 1. The molecule has 7 nitrogen and oxygen atoms in total. The van der Waals surface area contributed by atoms with Gasteiger partial charge in [-0.25, -0.2) is 9.97 Å². The number of aromatic nitrogens is 3. The van der Waals surface area contributed by atoms with E-state index < -0.39 is 0 Å². The van der Waals surface area contributed by atoms with Crippen molar-refractivity contribution in [2.75, 3.05) is 25.0 Å². The van der Waals surface area contributed by atoms with Crippen LogP contribution in [0, 0.1) is 17.2 Å². The number of anilines is 1. The molecule has 1 N–H and O–H groups in total. The number of benzene rings is 1. The summed E-state index contributed by atoms with van der Waals surface area (Å²) in [6, 6.07) is 7.78. The molecule has 0 radical (unpaired) electrons. The quantitative estimate of drug-likeness (QED) is 0.733. The summed E-state index contributed by atoms with van der Waals surface area (Å²) in [7, 11) is 2.01. The molecule has 0 aliphatic carbocycles. The number of nitrogens with zero attached hydrogens (tertiary/aromatic N) is 5. The zero-order valence-electron chi connectivity index (χ0n) is 15.8. The third-order valence-corrected chi connectivity index (χ3v) is 5.90. The first-order valence-electron chi connectivity index (χ1n) is 9.29. The summed E-state index contributed by atoms with van der Waals surface area (Å²) in [6.45, 7) is 3.47. The van der Waals surface area contributed by atoms with Crippen LogP contribution >= 0.6 is 11.6 Å². The van der Waals surface area contributed by atoms with Gasteiger partial charge in [0.15, 0.2) is 0 Å². The van der Waals surface area contributed by atoms with E-state index in [1.807, 2.05) is 31.3 Å². The van der Waals surface area contributed by atoms with E-state index in [2.05, 4.69) is 26.8 Å². The van der Waals surface area contributed by atoms with Gasteiger partial charge in [-0.15, -0.1) is 0 Å². The van der Waals surface area contributed by atoms with Gasteiger partial charge in [-0.05, 0) is 24.5 Å². The number of likely N-dealkylation sites (N-methyl/N-ethyl adjacent to an activating group) is 1. The second-order valence-electron chi connectivity index (χ2n) is 7.35. The van der Waals surface area contributed by atoms with E-state index in [0.29, 0.717) is 24.0 Å². The van der Waals surface area contributed by atoms with Crippen molar-refractivity contribution in [1.29, 1.82) is 5.26 Å². The number of piperidine rings is 1. The molecular weight excluding hydrogens is 376 g/mol. The van der Waals surface area contributed by atoms with Crippen LogP contribution < -0.4 is 4.90 Å². The van der Waals surface area contributed by atoms with Gasteiger partial charge in [0.2, 0.25) is 5.91 Å². The van der Waals surface area contributed by atoms with E-state index in [1.165, 1.54) is 0 Å². The van der Waals surface area contributed by atoms with Crippen molar-refractivity contribution in [1.82, 2.24) is 19.9 Å². The number of rotatable bonds is 3. The molecule has 0 bridgehead atoms. The van der Waals surface area contributed by atoms with Gasteiger partial charge in [0, 0.05) is 36.1 Å². The zero-order chi connectivity index (χ0) is 19.8. The lowest BCUT2D eigenvalue weighted by molar-refractivity contribution is -0.131. The van der Waals surface area contributed by atoms with Crippen molar-refractivity contribution >= 4 is 45.3 Å². The Kier molecular flexibility index (Phi) is 4.82. The van der Waals surface area contributed by atoms with E-state index in [0.717, 1.165) is 34.2 Å². The molecule has 0 saturated carbocycles. The molecule has 28 heavy (non-hydrogen) atoms. The number of likely N-dealkylation sites (tertiary alicyclic amines) is 1. The Morgan fingerprint density at radius 2 is 2.29 bits per heavy atom. The van der Waals surface area contributed by atoms with Gasteiger partial charge in [0.25, 0.3) is 0 Å². The minimum atomic E-state index is -0.109. The SMILES string of the molecule is C[C@@H]1CCN(C(=O)CC#N)C[C@@H]1N(C)c1ncnc2[nH]c3cc(Cl)ccc3c12. The largest absolute Gasteiger partial charge is 0.354 e. The van der Waals surface area contributed by atoms with Crippen LogP contribution in [0.3, 0.4) is 0 Å². The lowest BCUT2D eigenvalue weighted by Gasteiger charge is -2.42. The molecule has 1 fully saturated rings. The molecule has 1 amide bonds. The van der Waals surface area contributed by atoms with E-state index in [-0.39, 0.29) is 18.4 Å². The lowest BCUT2D eigenvalue weighted by Crippen LogP contribution is -2.52. The van der Waals surface area contributed by atoms with E-state index >= 15 is 0 Å². The molecule has 2 aromatic heterocycles. The Morgan fingerprint density at radius 1 is 1.46 bits per heavy atom. The fraction of sp³-hybridized carbons (Fsp3) is 0.400. The standard InChI is InChI=1S/C20H21ClN6O/c1-12-6-8-27(17(28)5-7-22)10-16(12)26(2)20-18-14-4-3-13(21)9-15(14)25-19(18)23-11-24-20/h3-4,9,11-12,16H,5-6,8,10H2,1-2H3,(H,23,24,25)/t12-,16+/m1/s1. The van der Waals surface area contributed by atoms with Gasteiger partial charge in [0.05, 0.1) is 17.5 Å². The summed E-state index contributed by atoms with van der Waals surface area (Å²) in [5.74, 6) is 1.10. The second kappa shape index (κ2) is 7.28. The summed E-state index contributed by atoms with van der Waals surface area (Å²) in [6.07, 6.45) is 2.37. The van der Waals surface area contributed by atoms with E-state index in [4.69, 9.17) is 16.9 Å². The number of H-pyrrole nitrogens is 1. The molecule has 4 rings (SSSR count). The van der Waals surface area contributed by atoms with Gasteiger partial charge in [-0.2, -0.15) is 5.26 Å². The van der Waals surface area contributed by atoms with Crippen LogP contribution in [0.25, 0.3) is 21.9 Å². The number of fused-ring (bicyclic) bond motifs is 3. The second-order valence-corrected chi connectivity index (χ2v) is 7.79. The van der Waals surface area contributed by atoms with Crippen LogP contribution in [0.15, 0.2) is 24.5 Å². The maximum atomic E-state index is 12.2. The number of aromatic amines is 1. The van der Waals surface area contributed by atoms with Gasteiger partial charge in [-0.1, -0.05) is 24.6 Å². The van der Waals surface area contributed by atoms with Crippen LogP contribution in [-0.4, -0.2) is 51.9 Å².